The van der Waals surface area contributed by atoms with Crippen LogP contribution in [0.1, 0.15) is 49.8 Å². The average molecular weight is 221 g/mol. The van der Waals surface area contributed by atoms with Crippen LogP contribution in [-0.2, 0) is 6.42 Å². The van der Waals surface area contributed by atoms with Crippen molar-refractivity contribution in [1.29, 1.82) is 0 Å². The topological polar surface area (TPSA) is 12.0 Å². The number of aryl methyl sites for hydroxylation is 1. The Morgan fingerprint density at radius 3 is 3.06 bits per heavy atom. The summed E-state index contributed by atoms with van der Waals surface area (Å²) < 4.78 is 13.2. The van der Waals surface area contributed by atoms with Gasteiger partial charge in [-0.2, -0.15) is 0 Å². The number of nitrogens with one attached hydrogen (secondary N) is 1. The molecule has 2 heteroatoms. The summed E-state index contributed by atoms with van der Waals surface area (Å²) in [4.78, 5) is 0. The van der Waals surface area contributed by atoms with Gasteiger partial charge in [0, 0.05) is 6.04 Å². The van der Waals surface area contributed by atoms with E-state index in [0.717, 1.165) is 19.4 Å². The highest BCUT2D eigenvalue weighted by atomic mass is 19.1. The SMILES string of the molecule is CCCCCNC1CCc2ccc(F)cc21. The summed E-state index contributed by atoms with van der Waals surface area (Å²) in [5.74, 6) is -0.110. The molecule has 2 rings (SSSR count). The van der Waals surface area contributed by atoms with Crippen LogP contribution in [0, 0.1) is 5.82 Å². The van der Waals surface area contributed by atoms with E-state index in [2.05, 4.69) is 12.2 Å². The second-order valence-corrected chi connectivity index (χ2v) is 4.60. The van der Waals surface area contributed by atoms with Gasteiger partial charge in [0.1, 0.15) is 5.82 Å². The van der Waals surface area contributed by atoms with Crippen LogP contribution in [0.4, 0.5) is 4.39 Å². The van der Waals surface area contributed by atoms with Gasteiger partial charge in [0.05, 0.1) is 0 Å². The lowest BCUT2D eigenvalue weighted by Crippen LogP contribution is -2.20. The third-order valence-electron chi connectivity index (χ3n) is 3.36. The molecular formula is C14H20FN. The van der Waals surface area contributed by atoms with Gasteiger partial charge in [0.2, 0.25) is 0 Å². The van der Waals surface area contributed by atoms with Crippen molar-refractivity contribution in [2.45, 2.75) is 45.1 Å². The lowest BCUT2D eigenvalue weighted by atomic mass is 10.1. The van der Waals surface area contributed by atoms with E-state index in [4.69, 9.17) is 0 Å². The van der Waals surface area contributed by atoms with Gasteiger partial charge in [-0.15, -0.1) is 0 Å². The number of fused-ring (bicyclic) bond motifs is 1. The number of hydrogen-bond acceptors (Lipinski definition) is 1. The highest BCUT2D eigenvalue weighted by molar-refractivity contribution is 5.34. The lowest BCUT2D eigenvalue weighted by Gasteiger charge is -2.13. The standard InChI is InChI=1S/C14H20FN/c1-2-3-4-9-16-14-8-6-11-5-7-12(15)10-13(11)14/h5,7,10,14,16H,2-4,6,8-9H2,1H3. The molecule has 1 atom stereocenters. The molecule has 1 aliphatic rings. The van der Waals surface area contributed by atoms with Crippen molar-refractivity contribution in [2.24, 2.45) is 0 Å². The number of benzene rings is 1. The van der Waals surface area contributed by atoms with Crippen molar-refractivity contribution in [1.82, 2.24) is 5.32 Å². The Balaban J connectivity index is 1.92. The van der Waals surface area contributed by atoms with Crippen LogP contribution in [0.15, 0.2) is 18.2 Å². The minimum absolute atomic E-state index is 0.110. The van der Waals surface area contributed by atoms with E-state index < -0.39 is 0 Å². The maximum atomic E-state index is 13.2. The van der Waals surface area contributed by atoms with Crippen LogP contribution in [0.3, 0.4) is 0 Å². The van der Waals surface area contributed by atoms with E-state index in [1.54, 1.807) is 12.1 Å². The molecule has 0 fully saturated rings. The van der Waals surface area contributed by atoms with E-state index in [9.17, 15) is 4.39 Å². The van der Waals surface area contributed by atoms with Gasteiger partial charge < -0.3 is 5.32 Å². The van der Waals surface area contributed by atoms with Crippen molar-refractivity contribution in [3.05, 3.63) is 35.1 Å². The first-order valence-corrected chi connectivity index (χ1v) is 6.33. The summed E-state index contributed by atoms with van der Waals surface area (Å²) in [5.41, 5.74) is 2.49. The molecule has 0 spiro atoms. The van der Waals surface area contributed by atoms with Gasteiger partial charge in [-0.1, -0.05) is 25.8 Å². The Kier molecular flexibility index (Phi) is 3.94. The molecule has 1 unspecified atom stereocenters. The maximum Gasteiger partial charge on any atom is 0.123 e. The second-order valence-electron chi connectivity index (χ2n) is 4.60. The summed E-state index contributed by atoms with van der Waals surface area (Å²) in [6.45, 7) is 3.26. The molecule has 1 aromatic rings. The largest absolute Gasteiger partial charge is 0.310 e. The molecule has 0 aromatic heterocycles. The molecule has 1 N–H and O–H groups in total. The fourth-order valence-electron chi connectivity index (χ4n) is 2.44. The first-order valence-electron chi connectivity index (χ1n) is 6.33. The van der Waals surface area contributed by atoms with Gasteiger partial charge in [-0.25, -0.2) is 4.39 Å². The summed E-state index contributed by atoms with van der Waals surface area (Å²) in [6.07, 6.45) is 5.94. The normalized spacial score (nSPS) is 18.8. The number of unbranched alkanes of at least 4 members (excludes halogenated alkanes) is 2. The molecule has 88 valence electrons. The van der Waals surface area contributed by atoms with E-state index in [-0.39, 0.29) is 5.82 Å². The van der Waals surface area contributed by atoms with Crippen LogP contribution in [0.25, 0.3) is 0 Å². The zero-order chi connectivity index (χ0) is 11.4. The molecule has 0 amide bonds. The van der Waals surface area contributed by atoms with Crippen LogP contribution < -0.4 is 5.32 Å². The Morgan fingerprint density at radius 2 is 2.25 bits per heavy atom. The van der Waals surface area contributed by atoms with Crippen molar-refractivity contribution >= 4 is 0 Å². The average Bonchev–Trinajstić information content (AvgIpc) is 2.67. The summed E-state index contributed by atoms with van der Waals surface area (Å²) in [7, 11) is 0. The van der Waals surface area contributed by atoms with Gasteiger partial charge in [-0.3, -0.25) is 0 Å². The first-order chi connectivity index (χ1) is 7.81. The third kappa shape index (κ3) is 2.62. The van der Waals surface area contributed by atoms with E-state index in [0.29, 0.717) is 6.04 Å². The van der Waals surface area contributed by atoms with Crippen LogP contribution in [-0.4, -0.2) is 6.54 Å². The number of hydrogen-bond donors (Lipinski definition) is 1. The Bertz CT molecular complexity index is 349. The maximum absolute atomic E-state index is 13.2. The molecule has 0 radical (unpaired) electrons. The second kappa shape index (κ2) is 5.44. The molecule has 0 saturated heterocycles. The quantitative estimate of drug-likeness (QED) is 0.749. The van der Waals surface area contributed by atoms with E-state index in [1.165, 1.54) is 30.4 Å². The number of rotatable bonds is 5. The molecule has 0 heterocycles. The molecule has 0 aliphatic heterocycles. The third-order valence-corrected chi connectivity index (χ3v) is 3.36. The fourth-order valence-corrected chi connectivity index (χ4v) is 2.44. The molecule has 16 heavy (non-hydrogen) atoms. The van der Waals surface area contributed by atoms with Gasteiger partial charge >= 0.3 is 0 Å². The zero-order valence-electron chi connectivity index (χ0n) is 9.93. The summed E-state index contributed by atoms with van der Waals surface area (Å²) >= 11 is 0. The van der Waals surface area contributed by atoms with Crippen molar-refractivity contribution in [2.75, 3.05) is 6.54 Å². The molecular weight excluding hydrogens is 201 g/mol. The van der Waals surface area contributed by atoms with Crippen molar-refractivity contribution in [3.63, 3.8) is 0 Å². The molecule has 1 aromatic carbocycles. The smallest absolute Gasteiger partial charge is 0.123 e. The van der Waals surface area contributed by atoms with Crippen LogP contribution in [0.2, 0.25) is 0 Å². The van der Waals surface area contributed by atoms with Crippen LogP contribution in [0.5, 0.6) is 0 Å². The fraction of sp³-hybridized carbons (Fsp3) is 0.571. The highest BCUT2D eigenvalue weighted by Gasteiger charge is 2.21. The molecule has 1 aliphatic carbocycles. The Hall–Kier alpha value is -0.890. The lowest BCUT2D eigenvalue weighted by molar-refractivity contribution is 0.508. The van der Waals surface area contributed by atoms with E-state index >= 15 is 0 Å². The molecule has 1 nitrogen and oxygen atoms in total. The van der Waals surface area contributed by atoms with Gasteiger partial charge in [0.15, 0.2) is 0 Å². The van der Waals surface area contributed by atoms with Crippen molar-refractivity contribution < 1.29 is 4.39 Å². The molecule has 0 saturated carbocycles. The van der Waals surface area contributed by atoms with E-state index in [1.807, 2.05) is 6.07 Å². The van der Waals surface area contributed by atoms with Gasteiger partial charge in [-0.05, 0) is 49.1 Å². The minimum Gasteiger partial charge on any atom is -0.310 e. The summed E-state index contributed by atoms with van der Waals surface area (Å²) in [6, 6.07) is 5.57. The minimum atomic E-state index is -0.110. The Morgan fingerprint density at radius 1 is 1.38 bits per heavy atom. The zero-order valence-corrected chi connectivity index (χ0v) is 9.93. The predicted molar refractivity (Wildman–Crippen MR) is 65.0 cm³/mol. The first kappa shape index (κ1) is 11.6. The highest BCUT2D eigenvalue weighted by Crippen LogP contribution is 2.31. The van der Waals surface area contributed by atoms with Gasteiger partial charge in [0.25, 0.3) is 0 Å². The Labute approximate surface area is 97.1 Å². The van der Waals surface area contributed by atoms with Crippen LogP contribution >= 0.6 is 0 Å². The number of halogens is 1. The van der Waals surface area contributed by atoms with Crippen molar-refractivity contribution in [3.8, 4) is 0 Å². The summed E-state index contributed by atoms with van der Waals surface area (Å²) in [5, 5.41) is 3.53. The molecule has 0 bridgehead atoms. The monoisotopic (exact) mass is 221 g/mol. The predicted octanol–water partition coefficient (Wildman–Crippen LogP) is 3.59.